The van der Waals surface area contributed by atoms with Gasteiger partial charge in [0, 0.05) is 13.6 Å². The lowest BCUT2D eigenvalue weighted by Crippen LogP contribution is -2.40. The van der Waals surface area contributed by atoms with E-state index in [0.717, 1.165) is 11.1 Å². The molecule has 6 nitrogen and oxygen atoms in total. The van der Waals surface area contributed by atoms with Crippen molar-refractivity contribution in [1.82, 2.24) is 4.90 Å². The predicted molar refractivity (Wildman–Crippen MR) is 109 cm³/mol. The molecule has 0 amide bonds. The molecule has 0 saturated heterocycles. The summed E-state index contributed by atoms with van der Waals surface area (Å²) >= 11 is 0. The van der Waals surface area contributed by atoms with Crippen molar-refractivity contribution in [2.24, 2.45) is 10.7 Å². The maximum atomic E-state index is 11.9. The maximum Gasteiger partial charge on any atom is 0.192 e. The molecule has 0 spiro atoms. The first-order valence-electron chi connectivity index (χ1n) is 8.50. The topological polar surface area (TPSA) is 103 Å². The van der Waals surface area contributed by atoms with Gasteiger partial charge in [-0.15, -0.1) is 0 Å². The van der Waals surface area contributed by atoms with E-state index >= 15 is 0 Å². The summed E-state index contributed by atoms with van der Waals surface area (Å²) in [5.41, 5.74) is 7.51. The number of rotatable bonds is 8. The summed E-state index contributed by atoms with van der Waals surface area (Å²) in [7, 11) is 1.68. The zero-order valence-corrected chi connectivity index (χ0v) is 16.0. The average molecular weight is 366 g/mol. The van der Waals surface area contributed by atoms with Crippen molar-refractivity contribution in [3.05, 3.63) is 65.8 Å². The molecule has 0 aliphatic heterocycles. The molecule has 0 aromatic heterocycles. The van der Waals surface area contributed by atoms with E-state index < -0.39 is 5.54 Å². The lowest BCUT2D eigenvalue weighted by Gasteiger charge is -2.24. The Hall–Kier alpha value is -3.17. The van der Waals surface area contributed by atoms with Gasteiger partial charge in [-0.3, -0.25) is 0 Å². The number of benzene rings is 1. The third-order valence-electron chi connectivity index (χ3n) is 4.15. The minimum absolute atomic E-state index is 0.0768. The van der Waals surface area contributed by atoms with Gasteiger partial charge in [0.25, 0.3) is 0 Å². The molecule has 0 fully saturated rings. The van der Waals surface area contributed by atoms with Crippen molar-refractivity contribution < 1.29 is 9.90 Å². The van der Waals surface area contributed by atoms with Gasteiger partial charge < -0.3 is 20.5 Å². The van der Waals surface area contributed by atoms with Gasteiger partial charge in [0.1, 0.15) is 5.54 Å². The summed E-state index contributed by atoms with van der Waals surface area (Å²) in [5.74, 6) is 0.139. The molecule has 3 N–H and O–H groups in total. The van der Waals surface area contributed by atoms with Crippen LogP contribution in [0.15, 0.2) is 59.6 Å². The van der Waals surface area contributed by atoms with Crippen LogP contribution in [0.1, 0.15) is 25.0 Å². The zero-order chi connectivity index (χ0) is 20.4. The van der Waals surface area contributed by atoms with Crippen molar-refractivity contribution in [3.8, 4) is 6.07 Å². The van der Waals surface area contributed by atoms with Crippen LogP contribution in [-0.4, -0.2) is 48.0 Å². The number of carbonyl (C=O) groups is 1. The highest BCUT2D eigenvalue weighted by molar-refractivity contribution is 5.85. The maximum absolute atomic E-state index is 11.9. The highest BCUT2D eigenvalue weighted by Gasteiger charge is 2.27. The van der Waals surface area contributed by atoms with E-state index in [1.165, 1.54) is 0 Å². The third-order valence-corrected chi connectivity index (χ3v) is 4.15. The Labute approximate surface area is 160 Å². The molecule has 142 valence electrons. The summed E-state index contributed by atoms with van der Waals surface area (Å²) in [6.07, 6.45) is 5.96. The first-order chi connectivity index (χ1) is 12.8. The van der Waals surface area contributed by atoms with E-state index in [-0.39, 0.29) is 12.6 Å². The highest BCUT2D eigenvalue weighted by Crippen LogP contribution is 2.26. The second-order valence-electron chi connectivity index (χ2n) is 6.12. The summed E-state index contributed by atoms with van der Waals surface area (Å²) in [4.78, 5) is 17.8. The second-order valence-corrected chi connectivity index (χ2v) is 6.12. The SMILES string of the molecule is C=C/C(=C\C(=C/C)c1cccc(C#N)c1)C(C)(C=O)N=C(N)N(C)CCO. The Kier molecular flexibility index (Phi) is 8.18. The van der Waals surface area contributed by atoms with Crippen LogP contribution in [0.5, 0.6) is 0 Å². The van der Waals surface area contributed by atoms with Gasteiger partial charge in [-0.1, -0.05) is 30.9 Å². The van der Waals surface area contributed by atoms with Gasteiger partial charge in [0.2, 0.25) is 0 Å². The Bertz CT molecular complexity index is 818. The standard InChI is InChI=1S/C21H26N4O2/c1-5-17(18-9-7-8-16(12-18)14-22)13-19(6-2)21(3,15-27)24-20(23)25(4)10-11-26/h5-9,12-13,15,26H,2,10-11H2,1,3-4H3,(H2,23,24)/b17-5+,19-13+. The van der Waals surface area contributed by atoms with Crippen LogP contribution < -0.4 is 5.73 Å². The number of carbonyl (C=O) groups excluding carboxylic acids is 1. The van der Waals surface area contributed by atoms with Gasteiger partial charge >= 0.3 is 0 Å². The van der Waals surface area contributed by atoms with Crippen molar-refractivity contribution in [2.75, 3.05) is 20.2 Å². The normalized spacial score (nSPS) is 14.9. The van der Waals surface area contributed by atoms with E-state index in [1.54, 1.807) is 49.2 Å². The molecule has 0 aliphatic rings. The molecule has 0 radical (unpaired) electrons. The summed E-state index contributed by atoms with van der Waals surface area (Å²) < 4.78 is 0. The number of allylic oxidation sites excluding steroid dienone is 3. The number of nitrogens with two attached hydrogens (primary N) is 1. The van der Waals surface area contributed by atoms with E-state index in [9.17, 15) is 4.79 Å². The van der Waals surface area contributed by atoms with Crippen LogP contribution in [0.2, 0.25) is 0 Å². The van der Waals surface area contributed by atoms with Crippen molar-refractivity contribution >= 4 is 17.8 Å². The van der Waals surface area contributed by atoms with E-state index in [4.69, 9.17) is 16.1 Å². The number of hydrogen-bond acceptors (Lipinski definition) is 4. The summed E-state index contributed by atoms with van der Waals surface area (Å²) in [6, 6.07) is 9.31. The number of aliphatic imine (C=N–C) groups is 1. The number of aldehydes is 1. The summed E-state index contributed by atoms with van der Waals surface area (Å²) in [6.45, 7) is 7.55. The van der Waals surface area contributed by atoms with Crippen molar-refractivity contribution in [2.45, 2.75) is 19.4 Å². The van der Waals surface area contributed by atoms with E-state index in [1.807, 2.05) is 19.1 Å². The third kappa shape index (κ3) is 5.66. The lowest BCUT2D eigenvalue weighted by atomic mass is 9.90. The number of nitriles is 1. The van der Waals surface area contributed by atoms with Gasteiger partial charge in [-0.25, -0.2) is 4.99 Å². The van der Waals surface area contributed by atoms with Gasteiger partial charge in [0.05, 0.1) is 18.2 Å². The molecule has 1 aromatic rings. The van der Waals surface area contributed by atoms with Gasteiger partial charge in [-0.05, 0) is 48.8 Å². The molecule has 0 bridgehead atoms. The molecule has 27 heavy (non-hydrogen) atoms. The number of aliphatic hydroxyl groups excluding tert-OH is 1. The molecule has 0 heterocycles. The number of hydrogen-bond donors (Lipinski definition) is 2. The van der Waals surface area contributed by atoms with Crippen LogP contribution in [0.25, 0.3) is 5.57 Å². The van der Waals surface area contributed by atoms with Crippen LogP contribution in [0, 0.1) is 11.3 Å². The fourth-order valence-corrected chi connectivity index (χ4v) is 2.43. The monoisotopic (exact) mass is 366 g/mol. The van der Waals surface area contributed by atoms with Crippen molar-refractivity contribution in [3.63, 3.8) is 0 Å². The molecule has 1 unspecified atom stereocenters. The van der Waals surface area contributed by atoms with Gasteiger partial charge in [-0.2, -0.15) is 5.26 Å². The molecule has 1 aromatic carbocycles. The fraction of sp³-hybridized carbons (Fsp3) is 0.286. The van der Waals surface area contributed by atoms with Crippen LogP contribution >= 0.6 is 0 Å². The molecule has 0 aliphatic carbocycles. The average Bonchev–Trinajstić information content (AvgIpc) is 2.68. The molecule has 0 saturated carbocycles. The molecule has 1 rings (SSSR count). The minimum Gasteiger partial charge on any atom is -0.395 e. The predicted octanol–water partition coefficient (Wildman–Crippen LogP) is 2.27. The van der Waals surface area contributed by atoms with Crippen LogP contribution in [-0.2, 0) is 4.79 Å². The van der Waals surface area contributed by atoms with E-state index in [0.29, 0.717) is 24.0 Å². The fourth-order valence-electron chi connectivity index (χ4n) is 2.43. The second kappa shape index (κ2) is 10.1. The van der Waals surface area contributed by atoms with Crippen LogP contribution in [0.3, 0.4) is 0 Å². The van der Waals surface area contributed by atoms with E-state index in [2.05, 4.69) is 17.6 Å². The molecule has 1 atom stereocenters. The lowest BCUT2D eigenvalue weighted by molar-refractivity contribution is -0.110. The Morgan fingerprint density at radius 2 is 2.22 bits per heavy atom. The minimum atomic E-state index is -1.24. The zero-order valence-electron chi connectivity index (χ0n) is 16.0. The van der Waals surface area contributed by atoms with Crippen molar-refractivity contribution in [1.29, 1.82) is 5.26 Å². The highest BCUT2D eigenvalue weighted by atomic mass is 16.3. The molecular formula is C21H26N4O2. The molecule has 6 heteroatoms. The first kappa shape index (κ1) is 21.9. The summed E-state index contributed by atoms with van der Waals surface area (Å²) in [5, 5.41) is 18.1. The Morgan fingerprint density at radius 3 is 2.74 bits per heavy atom. The van der Waals surface area contributed by atoms with Crippen LogP contribution in [0.4, 0.5) is 0 Å². The number of guanidine groups is 1. The first-order valence-corrected chi connectivity index (χ1v) is 8.50. The number of aliphatic hydroxyl groups is 1. The Morgan fingerprint density at radius 1 is 1.52 bits per heavy atom. The number of nitrogens with zero attached hydrogens (tertiary/aromatic N) is 3. The smallest absolute Gasteiger partial charge is 0.192 e. The quantitative estimate of drug-likeness (QED) is 0.318. The molecular weight excluding hydrogens is 340 g/mol. The van der Waals surface area contributed by atoms with Gasteiger partial charge in [0.15, 0.2) is 12.2 Å². The number of likely N-dealkylation sites (N-methyl/N-ethyl adjacent to an activating group) is 1. The largest absolute Gasteiger partial charge is 0.395 e. The Balaban J connectivity index is 3.39.